The summed E-state index contributed by atoms with van der Waals surface area (Å²) in [6.07, 6.45) is 0. The van der Waals surface area contributed by atoms with Crippen LogP contribution >= 0.6 is 11.6 Å². The molecule has 0 spiro atoms. The van der Waals surface area contributed by atoms with Gasteiger partial charge in [0.2, 0.25) is 0 Å². The first kappa shape index (κ1) is 21.6. The number of nitrogens with zero attached hydrogens (tertiary/aromatic N) is 1. The minimum Gasteiger partial charge on any atom is -0.308 e. The number of nitrogens with one attached hydrogen (secondary N) is 2. The number of carbonyl (C=O) groups is 2. The van der Waals surface area contributed by atoms with E-state index in [0.717, 1.165) is 29.2 Å². The maximum absolute atomic E-state index is 13.0. The molecule has 3 amide bonds. The molecule has 0 aliphatic carbocycles. The average Bonchev–Trinajstić information content (AvgIpc) is 2.66. The first-order valence-corrected chi connectivity index (χ1v) is 9.78. The number of benzene rings is 2. The second-order valence-electron chi connectivity index (χ2n) is 5.74. The summed E-state index contributed by atoms with van der Waals surface area (Å²) in [7, 11) is -4.32. The number of amides is 3. The van der Waals surface area contributed by atoms with Crippen LogP contribution in [-0.4, -0.2) is 36.5 Å². The van der Waals surface area contributed by atoms with Crippen LogP contribution in [0.4, 0.5) is 9.18 Å². The van der Waals surface area contributed by atoms with Crippen LogP contribution in [-0.2, 0) is 21.4 Å². The van der Waals surface area contributed by atoms with Crippen LogP contribution in [0.3, 0.4) is 0 Å². The Morgan fingerprint density at radius 3 is 2.36 bits per heavy atom. The van der Waals surface area contributed by atoms with E-state index >= 15 is 0 Å². The second kappa shape index (κ2) is 9.00. The molecule has 1 unspecified atom stereocenters. The summed E-state index contributed by atoms with van der Waals surface area (Å²) in [5.74, 6) is -1.57. The molecule has 0 heterocycles. The highest BCUT2D eigenvalue weighted by molar-refractivity contribution is 7.90. The summed E-state index contributed by atoms with van der Waals surface area (Å²) in [5, 5.41) is 9.16. The van der Waals surface area contributed by atoms with Gasteiger partial charge < -0.3 is 4.90 Å². The van der Waals surface area contributed by atoms with Gasteiger partial charge in [0.05, 0.1) is 4.90 Å². The van der Waals surface area contributed by atoms with Crippen LogP contribution in [0, 0.1) is 5.82 Å². The molecule has 28 heavy (non-hydrogen) atoms. The van der Waals surface area contributed by atoms with Crippen molar-refractivity contribution in [2.24, 2.45) is 0 Å². The summed E-state index contributed by atoms with van der Waals surface area (Å²) in [5.41, 5.74) is 1.87. The van der Waals surface area contributed by atoms with Crippen LogP contribution in [0.5, 0.6) is 0 Å². The molecule has 0 saturated carbocycles. The highest BCUT2D eigenvalue weighted by Gasteiger charge is 2.29. The summed E-state index contributed by atoms with van der Waals surface area (Å²) in [6.45, 7) is 1.09. The molecule has 0 aliphatic rings. The van der Waals surface area contributed by atoms with Crippen molar-refractivity contribution in [2.75, 3.05) is 0 Å². The zero-order valence-electron chi connectivity index (χ0n) is 14.6. The molecule has 0 radical (unpaired) electrons. The van der Waals surface area contributed by atoms with E-state index in [-0.39, 0.29) is 11.4 Å². The molecule has 0 aliphatic heterocycles. The van der Waals surface area contributed by atoms with Gasteiger partial charge in [0.25, 0.3) is 15.9 Å². The molecular weight excluding hydrogens is 413 g/mol. The predicted molar refractivity (Wildman–Crippen MR) is 98.5 cm³/mol. The molecule has 1 atom stereocenters. The van der Waals surface area contributed by atoms with Gasteiger partial charge in [0.1, 0.15) is 11.9 Å². The minimum absolute atomic E-state index is 0.209. The number of hydrogen-bond acceptors (Lipinski definition) is 5. The van der Waals surface area contributed by atoms with Gasteiger partial charge in [-0.25, -0.2) is 27.8 Å². The van der Waals surface area contributed by atoms with E-state index < -0.39 is 33.8 Å². The zero-order valence-corrected chi connectivity index (χ0v) is 16.2. The minimum atomic E-state index is -4.32. The molecule has 8 nitrogen and oxygen atoms in total. The summed E-state index contributed by atoms with van der Waals surface area (Å²) in [4.78, 5) is 25.0. The summed E-state index contributed by atoms with van der Waals surface area (Å²) < 4.78 is 39.6. The Morgan fingerprint density at radius 2 is 1.79 bits per heavy atom. The lowest BCUT2D eigenvalue weighted by molar-refractivity contribution is -0.133. The van der Waals surface area contributed by atoms with Gasteiger partial charge in [0, 0.05) is 11.6 Å². The lowest BCUT2D eigenvalue weighted by Gasteiger charge is -2.28. The molecule has 2 rings (SSSR count). The van der Waals surface area contributed by atoms with E-state index in [1.54, 1.807) is 24.3 Å². The standard InChI is InChI=1S/C17H17ClFN3O5S/c1-11(16(23)20-25)22(10-12-4-2-3-5-15(12)18)17(24)21-28(26,27)14-8-6-13(19)7-9-14/h2-9,11,25H,10H2,1H3,(H,20,23)(H,21,24). The third-order valence-electron chi connectivity index (χ3n) is 3.86. The molecule has 0 bridgehead atoms. The van der Waals surface area contributed by atoms with Crippen molar-refractivity contribution in [1.29, 1.82) is 0 Å². The van der Waals surface area contributed by atoms with Gasteiger partial charge in [-0.05, 0) is 42.8 Å². The Kier molecular flexibility index (Phi) is 6.95. The van der Waals surface area contributed by atoms with Crippen LogP contribution in [0.15, 0.2) is 53.4 Å². The van der Waals surface area contributed by atoms with Gasteiger partial charge >= 0.3 is 6.03 Å². The molecule has 2 aromatic rings. The largest absolute Gasteiger partial charge is 0.332 e. The van der Waals surface area contributed by atoms with E-state index in [1.165, 1.54) is 12.4 Å². The smallest absolute Gasteiger partial charge is 0.308 e. The van der Waals surface area contributed by atoms with E-state index in [1.807, 2.05) is 4.72 Å². The number of sulfonamides is 1. The van der Waals surface area contributed by atoms with Crippen molar-refractivity contribution in [3.63, 3.8) is 0 Å². The Hall–Kier alpha value is -2.69. The third kappa shape index (κ3) is 5.18. The molecule has 150 valence electrons. The first-order chi connectivity index (χ1) is 13.2. The Balaban J connectivity index is 2.31. The normalized spacial score (nSPS) is 12.1. The van der Waals surface area contributed by atoms with Crippen LogP contribution < -0.4 is 10.2 Å². The molecule has 0 aromatic heterocycles. The fraction of sp³-hybridized carbons (Fsp3) is 0.176. The topological polar surface area (TPSA) is 116 Å². The van der Waals surface area contributed by atoms with E-state index in [2.05, 4.69) is 0 Å². The van der Waals surface area contributed by atoms with E-state index in [0.29, 0.717) is 10.6 Å². The van der Waals surface area contributed by atoms with Crippen molar-refractivity contribution >= 4 is 33.6 Å². The maximum Gasteiger partial charge on any atom is 0.332 e. The number of rotatable bonds is 6. The average molecular weight is 430 g/mol. The Bertz CT molecular complexity index is 969. The Morgan fingerprint density at radius 1 is 1.18 bits per heavy atom. The molecule has 0 saturated heterocycles. The number of hydroxylamine groups is 1. The van der Waals surface area contributed by atoms with Gasteiger partial charge in [-0.2, -0.15) is 0 Å². The highest BCUT2D eigenvalue weighted by atomic mass is 35.5. The van der Waals surface area contributed by atoms with Gasteiger partial charge in [-0.1, -0.05) is 29.8 Å². The van der Waals surface area contributed by atoms with E-state index in [9.17, 15) is 22.4 Å². The van der Waals surface area contributed by atoms with Crippen LogP contribution in [0.25, 0.3) is 0 Å². The number of urea groups is 1. The number of carbonyl (C=O) groups excluding carboxylic acids is 2. The van der Waals surface area contributed by atoms with Gasteiger partial charge in [-0.3, -0.25) is 10.0 Å². The molecule has 11 heteroatoms. The lowest BCUT2D eigenvalue weighted by Crippen LogP contribution is -2.51. The quantitative estimate of drug-likeness (QED) is 0.481. The van der Waals surface area contributed by atoms with Crippen LogP contribution in [0.2, 0.25) is 5.02 Å². The number of halogens is 2. The molecule has 0 fully saturated rings. The summed E-state index contributed by atoms with van der Waals surface area (Å²) in [6, 6.07) is 7.98. The molecule has 3 N–H and O–H groups in total. The molecule has 2 aromatic carbocycles. The number of hydrogen-bond donors (Lipinski definition) is 3. The van der Waals surface area contributed by atoms with Crippen molar-refractivity contribution in [3.05, 3.63) is 64.9 Å². The van der Waals surface area contributed by atoms with Crippen LogP contribution in [0.1, 0.15) is 12.5 Å². The van der Waals surface area contributed by atoms with Crippen molar-refractivity contribution in [2.45, 2.75) is 24.4 Å². The third-order valence-corrected chi connectivity index (χ3v) is 5.57. The lowest BCUT2D eigenvalue weighted by atomic mass is 10.2. The highest BCUT2D eigenvalue weighted by Crippen LogP contribution is 2.19. The van der Waals surface area contributed by atoms with Crippen molar-refractivity contribution in [1.82, 2.24) is 15.1 Å². The van der Waals surface area contributed by atoms with Crippen molar-refractivity contribution < 1.29 is 27.6 Å². The van der Waals surface area contributed by atoms with Gasteiger partial charge in [0.15, 0.2) is 0 Å². The van der Waals surface area contributed by atoms with E-state index in [4.69, 9.17) is 16.8 Å². The SMILES string of the molecule is CC(C(=O)NO)N(Cc1ccccc1Cl)C(=O)NS(=O)(=O)c1ccc(F)cc1. The first-order valence-electron chi connectivity index (χ1n) is 7.92. The zero-order chi connectivity index (χ0) is 20.9. The van der Waals surface area contributed by atoms with Crippen molar-refractivity contribution in [3.8, 4) is 0 Å². The second-order valence-corrected chi connectivity index (χ2v) is 7.83. The predicted octanol–water partition coefficient (Wildman–Crippen LogP) is 2.27. The van der Waals surface area contributed by atoms with Gasteiger partial charge in [-0.15, -0.1) is 0 Å². The fourth-order valence-corrected chi connectivity index (χ4v) is 3.43. The Labute approximate surface area is 165 Å². The summed E-state index contributed by atoms with van der Waals surface area (Å²) >= 11 is 6.07. The monoisotopic (exact) mass is 429 g/mol. The fourth-order valence-electron chi connectivity index (χ4n) is 2.28. The maximum atomic E-state index is 13.0. The molecular formula is C17H17ClFN3O5S.